The van der Waals surface area contributed by atoms with Crippen LogP contribution in [0.15, 0.2) is 48.5 Å². The highest BCUT2D eigenvalue weighted by molar-refractivity contribution is 5.89. The van der Waals surface area contributed by atoms with Crippen LogP contribution in [-0.2, 0) is 17.7 Å². The number of nitrogens with zero attached hydrogens (tertiary/aromatic N) is 4. The van der Waals surface area contributed by atoms with E-state index in [0.29, 0.717) is 51.6 Å². The van der Waals surface area contributed by atoms with Gasteiger partial charge in [0, 0.05) is 43.2 Å². The Morgan fingerprint density at radius 1 is 1.00 bits per heavy atom. The fourth-order valence-corrected chi connectivity index (χ4v) is 4.11. The fourth-order valence-electron chi connectivity index (χ4n) is 4.11. The van der Waals surface area contributed by atoms with E-state index in [-0.39, 0.29) is 5.69 Å². The smallest absolute Gasteiger partial charge is 0.322 e. The molecule has 1 N–H and O–H groups in total. The van der Waals surface area contributed by atoms with E-state index in [1.165, 1.54) is 6.07 Å². The van der Waals surface area contributed by atoms with Gasteiger partial charge >= 0.3 is 6.03 Å². The van der Waals surface area contributed by atoms with Crippen LogP contribution < -0.4 is 10.2 Å². The van der Waals surface area contributed by atoms with Crippen molar-refractivity contribution < 1.29 is 18.3 Å². The number of amides is 2. The van der Waals surface area contributed by atoms with Crippen LogP contribution in [0.4, 0.5) is 25.1 Å². The maximum absolute atomic E-state index is 14.0. The monoisotopic (exact) mass is 451 g/mol. The van der Waals surface area contributed by atoms with E-state index >= 15 is 0 Å². The number of aromatic nitrogens is 2. The molecular weight excluding hydrogens is 428 g/mol. The lowest BCUT2D eigenvalue weighted by molar-refractivity contribution is 0.122. The second-order valence-electron chi connectivity index (χ2n) is 7.99. The molecule has 3 aromatic rings. The molecule has 3 heterocycles. The third-order valence-electron chi connectivity index (χ3n) is 5.84. The Hall–Kier alpha value is -3.59. The van der Waals surface area contributed by atoms with Crippen LogP contribution >= 0.6 is 0 Å². The zero-order valence-electron chi connectivity index (χ0n) is 17.9. The van der Waals surface area contributed by atoms with Gasteiger partial charge in [-0.2, -0.15) is 0 Å². The highest BCUT2D eigenvalue weighted by atomic mass is 19.1. The average Bonchev–Trinajstić information content (AvgIpc) is 2.85. The molecule has 5 rings (SSSR count). The van der Waals surface area contributed by atoms with Gasteiger partial charge in [-0.3, -0.25) is 0 Å². The van der Waals surface area contributed by atoms with Crippen molar-refractivity contribution in [1.82, 2.24) is 14.9 Å². The summed E-state index contributed by atoms with van der Waals surface area (Å²) in [6.07, 6.45) is 0.550. The molecule has 2 amide bonds. The van der Waals surface area contributed by atoms with Crippen molar-refractivity contribution in [3.05, 3.63) is 71.4 Å². The first-order chi connectivity index (χ1) is 16.1. The Kier molecular flexibility index (Phi) is 5.87. The number of benzene rings is 2. The molecule has 1 aromatic heterocycles. The van der Waals surface area contributed by atoms with Crippen molar-refractivity contribution in [3.63, 3.8) is 0 Å². The number of rotatable bonds is 3. The molecule has 0 unspecified atom stereocenters. The van der Waals surface area contributed by atoms with E-state index in [1.807, 2.05) is 30.3 Å². The van der Waals surface area contributed by atoms with Gasteiger partial charge in [0.2, 0.25) is 0 Å². The van der Waals surface area contributed by atoms with Crippen molar-refractivity contribution in [1.29, 1.82) is 0 Å². The third kappa shape index (κ3) is 4.49. The van der Waals surface area contributed by atoms with Crippen LogP contribution in [-0.4, -0.2) is 53.7 Å². The molecule has 0 bridgehead atoms. The van der Waals surface area contributed by atoms with Gasteiger partial charge in [0.05, 0.1) is 31.1 Å². The lowest BCUT2D eigenvalue weighted by Gasteiger charge is -2.34. The quantitative estimate of drug-likeness (QED) is 0.655. The number of anilines is 2. The number of halogens is 2. The number of carbonyl (C=O) groups is 1. The Morgan fingerprint density at radius 2 is 1.79 bits per heavy atom. The van der Waals surface area contributed by atoms with Crippen molar-refractivity contribution in [2.24, 2.45) is 0 Å². The van der Waals surface area contributed by atoms with Crippen LogP contribution in [0.1, 0.15) is 11.3 Å². The van der Waals surface area contributed by atoms with Crippen LogP contribution in [0, 0.1) is 11.6 Å². The van der Waals surface area contributed by atoms with Gasteiger partial charge in [-0.1, -0.05) is 30.3 Å². The molecule has 1 fully saturated rings. The lowest BCUT2D eigenvalue weighted by atomic mass is 10.0. The number of ether oxygens (including phenoxy) is 1. The summed E-state index contributed by atoms with van der Waals surface area (Å²) in [5.74, 6) is -0.0562. The predicted octanol–water partition coefficient (Wildman–Crippen LogP) is 3.85. The molecule has 9 heteroatoms. The number of hydrogen-bond donors (Lipinski definition) is 1. The zero-order chi connectivity index (χ0) is 22.8. The molecule has 0 aliphatic carbocycles. The first-order valence-corrected chi connectivity index (χ1v) is 10.9. The summed E-state index contributed by atoms with van der Waals surface area (Å²) in [5.41, 5.74) is 2.66. The second-order valence-corrected chi connectivity index (χ2v) is 7.99. The molecule has 0 atom stereocenters. The summed E-state index contributed by atoms with van der Waals surface area (Å²) in [6, 6.07) is 12.4. The van der Waals surface area contributed by atoms with Gasteiger partial charge in [0.25, 0.3) is 0 Å². The highest BCUT2D eigenvalue weighted by Gasteiger charge is 2.29. The minimum atomic E-state index is -0.814. The van der Waals surface area contributed by atoms with Gasteiger partial charge in [0.15, 0.2) is 5.82 Å². The molecular formula is C24H23F2N5O2. The minimum Gasteiger partial charge on any atom is -0.378 e. The number of carbonyl (C=O) groups excluding carboxylic acids is 1. The van der Waals surface area contributed by atoms with Gasteiger partial charge in [-0.05, 0) is 12.1 Å². The van der Waals surface area contributed by atoms with E-state index in [4.69, 9.17) is 14.7 Å². The molecule has 33 heavy (non-hydrogen) atoms. The summed E-state index contributed by atoms with van der Waals surface area (Å²) in [7, 11) is 0. The lowest BCUT2D eigenvalue weighted by Crippen LogP contribution is -2.42. The minimum absolute atomic E-state index is 0.0590. The maximum atomic E-state index is 14.0. The van der Waals surface area contributed by atoms with Crippen LogP contribution in [0.25, 0.3) is 11.4 Å². The van der Waals surface area contributed by atoms with Crippen molar-refractivity contribution in [2.45, 2.75) is 13.0 Å². The number of morpholine rings is 1. The molecule has 1 saturated heterocycles. The average molecular weight is 451 g/mol. The molecule has 2 aliphatic heterocycles. The van der Waals surface area contributed by atoms with Crippen molar-refractivity contribution in [3.8, 4) is 11.4 Å². The first kappa shape index (κ1) is 21.3. The van der Waals surface area contributed by atoms with E-state index in [0.717, 1.165) is 34.8 Å². The van der Waals surface area contributed by atoms with Gasteiger partial charge in [0.1, 0.15) is 17.5 Å². The topological polar surface area (TPSA) is 70.6 Å². The molecule has 0 saturated carbocycles. The van der Waals surface area contributed by atoms with Crippen molar-refractivity contribution >= 4 is 17.5 Å². The number of hydrogen-bond acceptors (Lipinski definition) is 5. The summed E-state index contributed by atoms with van der Waals surface area (Å²) in [6.45, 7) is 3.33. The fraction of sp³-hybridized carbons (Fsp3) is 0.292. The summed E-state index contributed by atoms with van der Waals surface area (Å²) in [4.78, 5) is 26.3. The van der Waals surface area contributed by atoms with Gasteiger partial charge < -0.3 is 19.9 Å². The zero-order valence-corrected chi connectivity index (χ0v) is 17.9. The number of fused-ring (bicyclic) bond motifs is 1. The standard InChI is InChI=1S/C24H23F2N5O2/c25-17-6-7-21(19(26)14-17)28-24(32)31-9-8-20-18(15-31)23(30-10-12-33-13-11-30)29-22(27-20)16-4-2-1-3-5-16/h1-7,14H,8-13,15H2,(H,28,32). The summed E-state index contributed by atoms with van der Waals surface area (Å²) < 4.78 is 32.7. The third-order valence-corrected chi connectivity index (χ3v) is 5.84. The first-order valence-electron chi connectivity index (χ1n) is 10.9. The molecule has 2 aliphatic rings. The molecule has 170 valence electrons. The maximum Gasteiger partial charge on any atom is 0.322 e. The van der Waals surface area contributed by atoms with Gasteiger partial charge in [-0.25, -0.2) is 23.5 Å². The number of nitrogens with one attached hydrogen (secondary N) is 1. The largest absolute Gasteiger partial charge is 0.378 e. The normalized spacial score (nSPS) is 15.8. The van der Waals surface area contributed by atoms with Crippen LogP contribution in [0.2, 0.25) is 0 Å². The van der Waals surface area contributed by atoms with Crippen LogP contribution in [0.3, 0.4) is 0 Å². The second kappa shape index (κ2) is 9.11. The van der Waals surface area contributed by atoms with E-state index in [9.17, 15) is 13.6 Å². The van der Waals surface area contributed by atoms with E-state index in [1.54, 1.807) is 4.90 Å². The molecule has 7 nitrogen and oxygen atoms in total. The Morgan fingerprint density at radius 3 is 2.55 bits per heavy atom. The van der Waals surface area contributed by atoms with Crippen LogP contribution in [0.5, 0.6) is 0 Å². The van der Waals surface area contributed by atoms with E-state index < -0.39 is 17.7 Å². The Balaban J connectivity index is 1.45. The summed E-state index contributed by atoms with van der Waals surface area (Å²) in [5, 5.41) is 2.55. The van der Waals surface area contributed by atoms with E-state index in [2.05, 4.69) is 10.2 Å². The summed E-state index contributed by atoms with van der Waals surface area (Å²) >= 11 is 0. The molecule has 0 spiro atoms. The van der Waals surface area contributed by atoms with Gasteiger partial charge in [-0.15, -0.1) is 0 Å². The number of urea groups is 1. The molecule has 2 aromatic carbocycles. The SMILES string of the molecule is O=C(Nc1ccc(F)cc1F)N1CCc2nc(-c3ccccc3)nc(N3CCOCC3)c2C1. The molecule has 0 radical (unpaired) electrons. The van der Waals surface area contributed by atoms with Crippen molar-refractivity contribution in [2.75, 3.05) is 43.1 Å². The Labute approximate surface area is 190 Å². The highest BCUT2D eigenvalue weighted by Crippen LogP contribution is 2.30. The Bertz CT molecular complexity index is 1170. The predicted molar refractivity (Wildman–Crippen MR) is 120 cm³/mol.